The molecule has 2 saturated heterocycles. The van der Waals surface area contributed by atoms with Crippen molar-refractivity contribution in [2.45, 2.75) is 38.5 Å². The minimum absolute atomic E-state index is 0.0451. The van der Waals surface area contributed by atoms with Crippen molar-refractivity contribution in [3.63, 3.8) is 0 Å². The molecule has 5 unspecified atom stereocenters. The van der Waals surface area contributed by atoms with Gasteiger partial charge in [0.05, 0.1) is 11.5 Å². The molecule has 1 amide bonds. The number of rotatable bonds is 6. The zero-order chi connectivity index (χ0) is 17.6. The van der Waals surface area contributed by atoms with Gasteiger partial charge >= 0.3 is 5.97 Å². The van der Waals surface area contributed by atoms with Crippen molar-refractivity contribution in [2.75, 3.05) is 26.8 Å². The van der Waals surface area contributed by atoms with E-state index < -0.39 is 11.4 Å². The normalized spacial score (nSPS) is 36.8. The number of β-lactam (4-membered cyclic amide) rings is 1. The zero-order valence-electron chi connectivity index (χ0n) is 14.7. The molecule has 0 radical (unpaired) electrons. The molecule has 2 N–H and O–H groups in total. The molecular weight excluding hydrogens is 328 g/mol. The maximum Gasteiger partial charge on any atom is 0.353 e. The van der Waals surface area contributed by atoms with Crippen molar-refractivity contribution < 1.29 is 19.4 Å². The Kier molecular flexibility index (Phi) is 4.70. The third-order valence-corrected chi connectivity index (χ3v) is 7.44. The van der Waals surface area contributed by atoms with Crippen LogP contribution in [0.3, 0.4) is 0 Å². The standard InChI is InChI=1S/C17H26N2O4S/c1-9(8-23-4)17(3)14-10(2)13(24-11-5-6-18-7-11)12(15(20)21)19(14)16(17)22/h9-11,14,18H,5-8H2,1-4H3,(H,20,21). The van der Waals surface area contributed by atoms with E-state index in [1.54, 1.807) is 18.9 Å². The highest BCUT2D eigenvalue weighted by Crippen LogP contribution is 2.58. The highest BCUT2D eigenvalue weighted by atomic mass is 32.2. The van der Waals surface area contributed by atoms with Crippen molar-refractivity contribution in [2.24, 2.45) is 17.3 Å². The summed E-state index contributed by atoms with van der Waals surface area (Å²) in [7, 11) is 1.63. The summed E-state index contributed by atoms with van der Waals surface area (Å²) in [6.07, 6.45) is 1.03. The Bertz CT molecular complexity index is 587. The van der Waals surface area contributed by atoms with E-state index in [-0.39, 0.29) is 29.5 Å². The molecule has 0 aromatic rings. The third kappa shape index (κ3) is 2.40. The Morgan fingerprint density at radius 3 is 2.83 bits per heavy atom. The van der Waals surface area contributed by atoms with Gasteiger partial charge in [0, 0.05) is 36.3 Å². The topological polar surface area (TPSA) is 78.9 Å². The first-order valence-corrected chi connectivity index (χ1v) is 9.39. The van der Waals surface area contributed by atoms with Crippen LogP contribution in [0.2, 0.25) is 0 Å². The van der Waals surface area contributed by atoms with E-state index >= 15 is 0 Å². The van der Waals surface area contributed by atoms with Crippen molar-refractivity contribution >= 4 is 23.6 Å². The number of carboxylic acids is 1. The van der Waals surface area contributed by atoms with E-state index in [9.17, 15) is 14.7 Å². The highest BCUT2D eigenvalue weighted by molar-refractivity contribution is 8.03. The van der Waals surface area contributed by atoms with Gasteiger partial charge in [-0.25, -0.2) is 4.79 Å². The molecule has 3 aliphatic heterocycles. The maximum atomic E-state index is 12.9. The van der Waals surface area contributed by atoms with E-state index in [0.29, 0.717) is 11.9 Å². The van der Waals surface area contributed by atoms with E-state index in [1.165, 1.54) is 4.90 Å². The minimum Gasteiger partial charge on any atom is -0.477 e. The van der Waals surface area contributed by atoms with Crippen LogP contribution in [0.5, 0.6) is 0 Å². The first kappa shape index (κ1) is 17.8. The Hall–Kier alpha value is -1.05. The average Bonchev–Trinajstić information content (AvgIpc) is 3.13. The molecule has 0 aromatic carbocycles. The van der Waals surface area contributed by atoms with Crippen molar-refractivity contribution in [3.05, 3.63) is 10.6 Å². The molecule has 0 bridgehead atoms. The van der Waals surface area contributed by atoms with Gasteiger partial charge in [-0.05, 0) is 25.8 Å². The molecule has 24 heavy (non-hydrogen) atoms. The van der Waals surface area contributed by atoms with Gasteiger partial charge in [0.1, 0.15) is 5.70 Å². The quantitative estimate of drug-likeness (QED) is 0.704. The number of carboxylic acid groups (broad SMARTS) is 1. The van der Waals surface area contributed by atoms with Crippen LogP contribution in [0.15, 0.2) is 10.6 Å². The van der Waals surface area contributed by atoms with Crippen LogP contribution in [0, 0.1) is 17.3 Å². The van der Waals surface area contributed by atoms with Gasteiger partial charge in [0.15, 0.2) is 0 Å². The Balaban J connectivity index is 1.91. The Morgan fingerprint density at radius 2 is 2.29 bits per heavy atom. The second-order valence-corrected chi connectivity index (χ2v) is 8.64. The number of amides is 1. The van der Waals surface area contributed by atoms with Crippen LogP contribution in [0.4, 0.5) is 0 Å². The molecule has 0 spiro atoms. The molecule has 134 valence electrons. The van der Waals surface area contributed by atoms with E-state index in [1.807, 2.05) is 13.8 Å². The lowest BCUT2D eigenvalue weighted by atomic mass is 9.62. The predicted molar refractivity (Wildman–Crippen MR) is 92.5 cm³/mol. The zero-order valence-corrected chi connectivity index (χ0v) is 15.5. The predicted octanol–water partition coefficient (Wildman–Crippen LogP) is 1.53. The first-order valence-electron chi connectivity index (χ1n) is 8.51. The number of hydrogen-bond acceptors (Lipinski definition) is 5. The van der Waals surface area contributed by atoms with Crippen LogP contribution in [-0.2, 0) is 14.3 Å². The van der Waals surface area contributed by atoms with Gasteiger partial charge in [0.2, 0.25) is 5.91 Å². The fourth-order valence-electron chi connectivity index (χ4n) is 4.38. The molecule has 2 fully saturated rings. The van der Waals surface area contributed by atoms with Crippen molar-refractivity contribution in [1.82, 2.24) is 10.2 Å². The molecule has 6 nitrogen and oxygen atoms in total. The summed E-state index contributed by atoms with van der Waals surface area (Å²) in [5, 5.41) is 13.4. The van der Waals surface area contributed by atoms with Gasteiger partial charge in [0.25, 0.3) is 0 Å². The highest BCUT2D eigenvalue weighted by Gasteiger charge is 2.67. The summed E-state index contributed by atoms with van der Waals surface area (Å²) >= 11 is 1.65. The molecular formula is C17H26N2O4S. The van der Waals surface area contributed by atoms with Crippen LogP contribution in [-0.4, -0.2) is 60.0 Å². The van der Waals surface area contributed by atoms with E-state index in [0.717, 1.165) is 24.4 Å². The number of carbonyl (C=O) groups excluding carboxylic acids is 1. The molecule has 3 rings (SSSR count). The number of fused-ring (bicyclic) bond motifs is 1. The van der Waals surface area contributed by atoms with Crippen molar-refractivity contribution in [1.29, 1.82) is 0 Å². The first-order chi connectivity index (χ1) is 11.3. The second kappa shape index (κ2) is 6.35. The number of nitrogens with one attached hydrogen (secondary N) is 1. The van der Waals surface area contributed by atoms with Crippen LogP contribution in [0.1, 0.15) is 27.2 Å². The van der Waals surface area contributed by atoms with Crippen LogP contribution >= 0.6 is 11.8 Å². The van der Waals surface area contributed by atoms with E-state index in [4.69, 9.17) is 4.74 Å². The summed E-state index contributed by atoms with van der Waals surface area (Å²) < 4.78 is 5.25. The van der Waals surface area contributed by atoms with Crippen LogP contribution in [0.25, 0.3) is 0 Å². The largest absolute Gasteiger partial charge is 0.477 e. The van der Waals surface area contributed by atoms with Gasteiger partial charge in [-0.3, -0.25) is 4.79 Å². The molecule has 3 heterocycles. The molecule has 0 saturated carbocycles. The van der Waals surface area contributed by atoms with E-state index in [2.05, 4.69) is 12.2 Å². The summed E-state index contributed by atoms with van der Waals surface area (Å²) in [6.45, 7) is 8.39. The van der Waals surface area contributed by atoms with Crippen LogP contribution < -0.4 is 5.32 Å². The Labute approximate surface area is 147 Å². The van der Waals surface area contributed by atoms with Crippen molar-refractivity contribution in [3.8, 4) is 0 Å². The van der Waals surface area contributed by atoms with Gasteiger partial charge in [-0.15, -0.1) is 11.8 Å². The van der Waals surface area contributed by atoms with Gasteiger partial charge in [-0.1, -0.05) is 13.8 Å². The second-order valence-electron chi connectivity index (χ2n) is 7.30. The molecule has 0 aromatic heterocycles. The average molecular weight is 354 g/mol. The number of carbonyl (C=O) groups is 2. The Morgan fingerprint density at radius 1 is 1.58 bits per heavy atom. The fourth-order valence-corrected chi connectivity index (χ4v) is 5.82. The summed E-state index contributed by atoms with van der Waals surface area (Å²) in [6, 6.07) is -0.0851. The lowest BCUT2D eigenvalue weighted by Gasteiger charge is -2.55. The summed E-state index contributed by atoms with van der Waals surface area (Å²) in [5.74, 6) is -0.982. The molecule has 7 heteroatoms. The summed E-state index contributed by atoms with van der Waals surface area (Å²) in [5.41, 5.74) is -0.358. The SMILES string of the molecule is COCC(C)C1(C)C(=O)N2C(C(=O)O)=C(SC3CCNC3)C(C)C21. The lowest BCUT2D eigenvalue weighted by Crippen LogP contribution is -2.70. The molecule has 3 aliphatic rings. The smallest absolute Gasteiger partial charge is 0.353 e. The number of thioether (sulfide) groups is 1. The third-order valence-electron chi connectivity index (χ3n) is 5.89. The number of nitrogens with zero attached hydrogens (tertiary/aromatic N) is 1. The van der Waals surface area contributed by atoms with Gasteiger partial charge in [-0.2, -0.15) is 0 Å². The minimum atomic E-state index is -0.993. The number of methoxy groups -OCH3 is 1. The maximum absolute atomic E-state index is 12.9. The number of hydrogen-bond donors (Lipinski definition) is 2. The lowest BCUT2D eigenvalue weighted by molar-refractivity contribution is -0.177. The number of ether oxygens (including phenoxy) is 1. The monoisotopic (exact) mass is 354 g/mol. The molecule has 5 atom stereocenters. The fraction of sp³-hybridized carbons (Fsp3) is 0.765. The number of aliphatic carboxylic acids is 1. The summed E-state index contributed by atoms with van der Waals surface area (Å²) in [4.78, 5) is 27.1. The van der Waals surface area contributed by atoms with Gasteiger partial charge < -0.3 is 20.1 Å². The molecule has 0 aliphatic carbocycles.